The SMILES string of the molecule is COC(=O)[C@]12CC[C@@H](C)[C@H](C)[C@H]1C1=CC[C@@H]3[C@@]4(C)CC(=O)OC[C@](C)(C(=O)OC)[C@@H]4CC[C@@]3(C)[C@]1(C)CC2. The number of hydrogen-bond donors (Lipinski definition) is 0. The Bertz CT molecular complexity index is 1060. The number of carbonyl (C=O) groups is 3. The molecule has 1 saturated heterocycles. The molecule has 5 aliphatic rings. The number of cyclic esters (lactones) is 1. The second-order valence-electron chi connectivity index (χ2n) is 14.5. The Hall–Kier alpha value is -1.85. The third kappa shape index (κ3) is 3.33. The number of rotatable bonds is 2. The Labute approximate surface area is 228 Å². The van der Waals surface area contributed by atoms with Gasteiger partial charge in [0.15, 0.2) is 0 Å². The maximum absolute atomic E-state index is 13.4. The van der Waals surface area contributed by atoms with Gasteiger partial charge in [-0.25, -0.2) is 0 Å². The van der Waals surface area contributed by atoms with Gasteiger partial charge in [0.2, 0.25) is 0 Å². The fourth-order valence-electron chi connectivity index (χ4n) is 10.8. The first-order chi connectivity index (χ1) is 17.7. The molecule has 10 atom stereocenters. The van der Waals surface area contributed by atoms with Crippen molar-refractivity contribution < 1.29 is 28.6 Å². The van der Waals surface area contributed by atoms with E-state index in [0.717, 1.165) is 44.9 Å². The van der Waals surface area contributed by atoms with Crippen LogP contribution < -0.4 is 0 Å². The van der Waals surface area contributed by atoms with Gasteiger partial charge in [-0.05, 0) is 97.7 Å². The molecular formula is C32H48O6. The number of fused-ring (bicyclic) bond motifs is 7. The van der Waals surface area contributed by atoms with Crippen LogP contribution >= 0.6 is 0 Å². The molecule has 4 fully saturated rings. The van der Waals surface area contributed by atoms with Gasteiger partial charge in [-0.1, -0.05) is 46.3 Å². The molecule has 0 aromatic rings. The summed E-state index contributed by atoms with van der Waals surface area (Å²) in [6.07, 6.45) is 9.22. The van der Waals surface area contributed by atoms with E-state index in [-0.39, 0.29) is 53.1 Å². The second kappa shape index (κ2) is 8.83. The molecule has 6 heteroatoms. The minimum absolute atomic E-state index is 0.00287. The number of esters is 3. The number of ether oxygens (including phenoxy) is 3. The quantitative estimate of drug-likeness (QED) is 0.244. The summed E-state index contributed by atoms with van der Waals surface area (Å²) in [6.45, 7) is 13.8. The van der Waals surface area contributed by atoms with E-state index < -0.39 is 16.2 Å². The molecule has 0 aromatic heterocycles. The fourth-order valence-corrected chi connectivity index (χ4v) is 10.8. The van der Waals surface area contributed by atoms with Crippen molar-refractivity contribution in [2.45, 2.75) is 92.9 Å². The Morgan fingerprint density at radius 1 is 0.921 bits per heavy atom. The van der Waals surface area contributed by atoms with Gasteiger partial charge in [0.05, 0.1) is 26.1 Å². The molecule has 0 spiro atoms. The van der Waals surface area contributed by atoms with Crippen LogP contribution in [0.3, 0.4) is 0 Å². The van der Waals surface area contributed by atoms with Gasteiger partial charge in [-0.2, -0.15) is 0 Å². The largest absolute Gasteiger partial charge is 0.469 e. The standard InChI is InChI=1S/C32H48O6/c1-19-11-14-32(27(35)37-8)16-15-30(5)21(25(32)20(19)2)9-10-23-28(3)17-24(33)38-18-29(4,26(34)36-7)22(28)12-13-31(23,30)6/h9,19-20,22-23,25H,10-18H2,1-8H3/t19-,20+,22-,23-,25+,28+,29+,30-,31-,32+/m1/s1. The monoisotopic (exact) mass is 528 g/mol. The first-order valence-corrected chi connectivity index (χ1v) is 14.8. The lowest BCUT2D eigenvalue weighted by atomic mass is 9.34. The van der Waals surface area contributed by atoms with Crippen LogP contribution in [0.25, 0.3) is 0 Å². The minimum atomic E-state index is -0.859. The fraction of sp³-hybridized carbons (Fsp3) is 0.844. The van der Waals surface area contributed by atoms with E-state index >= 15 is 0 Å². The number of carbonyl (C=O) groups excluding carboxylic acids is 3. The van der Waals surface area contributed by atoms with Crippen LogP contribution in [0.15, 0.2) is 11.6 Å². The minimum Gasteiger partial charge on any atom is -0.469 e. The molecule has 0 N–H and O–H groups in total. The lowest BCUT2D eigenvalue weighted by Crippen LogP contribution is -2.64. The van der Waals surface area contributed by atoms with Crippen molar-refractivity contribution in [2.75, 3.05) is 20.8 Å². The molecule has 38 heavy (non-hydrogen) atoms. The third-order valence-electron chi connectivity index (χ3n) is 13.3. The van der Waals surface area contributed by atoms with Crippen molar-refractivity contribution in [1.82, 2.24) is 0 Å². The average Bonchev–Trinajstić information content (AvgIpc) is 2.98. The van der Waals surface area contributed by atoms with Gasteiger partial charge >= 0.3 is 17.9 Å². The summed E-state index contributed by atoms with van der Waals surface area (Å²) in [5, 5.41) is 0. The zero-order chi connectivity index (χ0) is 27.9. The highest BCUT2D eigenvalue weighted by Crippen LogP contribution is 2.75. The zero-order valence-electron chi connectivity index (χ0n) is 24.8. The summed E-state index contributed by atoms with van der Waals surface area (Å²) in [5.41, 5.74) is -0.382. The number of allylic oxidation sites excluding steroid dienone is 2. The van der Waals surface area contributed by atoms with Crippen molar-refractivity contribution in [3.05, 3.63) is 11.6 Å². The van der Waals surface area contributed by atoms with E-state index in [2.05, 4.69) is 40.7 Å². The predicted octanol–water partition coefficient (Wildman–Crippen LogP) is 6.12. The van der Waals surface area contributed by atoms with Crippen LogP contribution in [-0.4, -0.2) is 38.7 Å². The molecule has 0 aromatic carbocycles. The van der Waals surface area contributed by atoms with E-state index in [9.17, 15) is 14.4 Å². The molecule has 0 radical (unpaired) electrons. The van der Waals surface area contributed by atoms with E-state index in [1.807, 2.05) is 6.92 Å². The molecule has 4 aliphatic carbocycles. The summed E-state index contributed by atoms with van der Waals surface area (Å²) in [4.78, 5) is 39.7. The Morgan fingerprint density at radius 3 is 2.26 bits per heavy atom. The molecule has 0 unspecified atom stereocenters. The third-order valence-corrected chi connectivity index (χ3v) is 13.3. The Balaban J connectivity index is 1.64. The first-order valence-electron chi connectivity index (χ1n) is 14.8. The highest BCUT2D eigenvalue weighted by molar-refractivity contribution is 5.80. The van der Waals surface area contributed by atoms with Gasteiger partial charge in [0.1, 0.15) is 12.0 Å². The van der Waals surface area contributed by atoms with Crippen molar-refractivity contribution in [3.8, 4) is 0 Å². The van der Waals surface area contributed by atoms with Crippen molar-refractivity contribution in [1.29, 1.82) is 0 Å². The maximum Gasteiger partial charge on any atom is 0.315 e. The van der Waals surface area contributed by atoms with Gasteiger partial charge in [-0.3, -0.25) is 14.4 Å². The summed E-state index contributed by atoms with van der Waals surface area (Å²) in [5.74, 6) is 0.824. The first kappa shape index (κ1) is 27.7. The van der Waals surface area contributed by atoms with E-state index in [1.165, 1.54) is 12.7 Å². The Morgan fingerprint density at radius 2 is 1.61 bits per heavy atom. The maximum atomic E-state index is 13.4. The summed E-state index contributed by atoms with van der Waals surface area (Å²) in [6, 6.07) is 0. The highest BCUT2D eigenvalue weighted by atomic mass is 16.5. The molecular weight excluding hydrogens is 480 g/mol. The molecule has 0 amide bonds. The van der Waals surface area contributed by atoms with Gasteiger partial charge in [0, 0.05) is 0 Å². The smallest absolute Gasteiger partial charge is 0.315 e. The highest BCUT2D eigenvalue weighted by Gasteiger charge is 2.70. The molecule has 5 rings (SSSR count). The second-order valence-corrected chi connectivity index (χ2v) is 14.5. The molecule has 1 heterocycles. The van der Waals surface area contributed by atoms with Gasteiger partial charge < -0.3 is 14.2 Å². The van der Waals surface area contributed by atoms with Crippen LogP contribution in [0.1, 0.15) is 92.9 Å². The molecule has 212 valence electrons. The zero-order valence-corrected chi connectivity index (χ0v) is 24.8. The average molecular weight is 529 g/mol. The van der Waals surface area contributed by atoms with E-state index in [0.29, 0.717) is 18.3 Å². The van der Waals surface area contributed by atoms with Crippen molar-refractivity contribution >= 4 is 17.9 Å². The van der Waals surface area contributed by atoms with Gasteiger partial charge in [0.25, 0.3) is 0 Å². The van der Waals surface area contributed by atoms with Crippen LogP contribution in [0, 0.1) is 56.7 Å². The van der Waals surface area contributed by atoms with Crippen LogP contribution in [-0.2, 0) is 28.6 Å². The summed E-state index contributed by atoms with van der Waals surface area (Å²) >= 11 is 0. The van der Waals surface area contributed by atoms with Crippen LogP contribution in [0.2, 0.25) is 0 Å². The lowest BCUT2D eigenvalue weighted by molar-refractivity contribution is -0.190. The molecule has 3 saturated carbocycles. The normalized spacial score (nSPS) is 50.1. The topological polar surface area (TPSA) is 78.9 Å². The molecule has 6 nitrogen and oxygen atoms in total. The summed E-state index contributed by atoms with van der Waals surface area (Å²) < 4.78 is 16.5. The molecule has 0 bridgehead atoms. The van der Waals surface area contributed by atoms with Crippen molar-refractivity contribution in [2.24, 2.45) is 56.7 Å². The van der Waals surface area contributed by atoms with Gasteiger partial charge in [-0.15, -0.1) is 0 Å². The molecule has 1 aliphatic heterocycles. The lowest BCUT2D eigenvalue weighted by Gasteiger charge is -2.69. The van der Waals surface area contributed by atoms with Crippen LogP contribution in [0.5, 0.6) is 0 Å². The Kier molecular flexibility index (Phi) is 6.44. The van der Waals surface area contributed by atoms with Crippen molar-refractivity contribution in [3.63, 3.8) is 0 Å². The number of hydrogen-bond acceptors (Lipinski definition) is 6. The van der Waals surface area contributed by atoms with Crippen LogP contribution in [0.4, 0.5) is 0 Å². The predicted molar refractivity (Wildman–Crippen MR) is 144 cm³/mol. The van der Waals surface area contributed by atoms with E-state index in [4.69, 9.17) is 14.2 Å². The number of methoxy groups -OCH3 is 2. The summed E-state index contributed by atoms with van der Waals surface area (Å²) in [7, 11) is 2.98. The van der Waals surface area contributed by atoms with E-state index in [1.54, 1.807) is 7.11 Å².